The smallest absolute Gasteiger partial charge is 0.292 e. The zero-order valence-corrected chi connectivity index (χ0v) is 18.8. The number of nitriles is 1. The summed E-state index contributed by atoms with van der Waals surface area (Å²) in [6.45, 7) is 0.963. The Morgan fingerprint density at radius 2 is 2.14 bits per heavy atom. The molecule has 0 saturated carbocycles. The molecular weight excluding hydrogens is 467 g/mol. The van der Waals surface area contributed by atoms with Crippen molar-refractivity contribution in [3.05, 3.63) is 41.9 Å². The second-order valence-electron chi connectivity index (χ2n) is 8.70. The Bertz CT molecular complexity index is 1300. The maximum atomic E-state index is 14.2. The molecule has 10 nitrogen and oxygen atoms in total. The fraction of sp³-hybridized carbons (Fsp3) is 0.409. The molecule has 1 aliphatic rings. The molecule has 1 fully saturated rings. The average molecular weight is 489 g/mol. The van der Waals surface area contributed by atoms with Crippen LogP contribution >= 0.6 is 0 Å². The summed E-state index contributed by atoms with van der Waals surface area (Å²) in [6, 6.07) is 3.49. The molecule has 3 N–H and O–H groups in total. The van der Waals surface area contributed by atoms with Gasteiger partial charge in [0.25, 0.3) is 11.8 Å². The number of carbonyl (C=O) groups is 1. The second-order valence-corrected chi connectivity index (χ2v) is 8.70. The quantitative estimate of drug-likeness (QED) is 0.458. The number of carbonyl (C=O) groups excluding carboxylic acids is 1. The number of aliphatic hydroxyl groups is 1. The van der Waals surface area contributed by atoms with Gasteiger partial charge >= 0.3 is 0 Å². The summed E-state index contributed by atoms with van der Waals surface area (Å²) in [5.74, 6) is -3.79. The molecule has 1 amide bonds. The number of rotatable bonds is 7. The first kappa shape index (κ1) is 24.4. The van der Waals surface area contributed by atoms with Crippen LogP contribution in [0.25, 0.3) is 16.9 Å². The van der Waals surface area contributed by atoms with Crippen molar-refractivity contribution in [1.82, 2.24) is 25.1 Å². The van der Waals surface area contributed by atoms with E-state index in [-0.39, 0.29) is 23.7 Å². The van der Waals surface area contributed by atoms with E-state index in [1.165, 1.54) is 37.0 Å². The minimum Gasteiger partial charge on any atom is -0.387 e. The van der Waals surface area contributed by atoms with Crippen LogP contribution in [0.4, 0.5) is 18.9 Å². The van der Waals surface area contributed by atoms with E-state index in [4.69, 9.17) is 10.00 Å². The lowest BCUT2D eigenvalue weighted by Crippen LogP contribution is -2.42. The number of nitrogens with zero attached hydrogens (tertiary/aromatic N) is 5. The zero-order valence-electron chi connectivity index (χ0n) is 18.8. The number of fused-ring (bicyclic) bond motifs is 1. The van der Waals surface area contributed by atoms with Gasteiger partial charge in [0.2, 0.25) is 0 Å². The van der Waals surface area contributed by atoms with Crippen molar-refractivity contribution < 1.29 is 27.8 Å². The lowest BCUT2D eigenvalue weighted by atomic mass is 10.0. The molecule has 2 unspecified atom stereocenters. The van der Waals surface area contributed by atoms with E-state index in [1.54, 1.807) is 6.07 Å². The molecule has 3 aromatic heterocycles. The first-order valence-corrected chi connectivity index (χ1v) is 10.6. The van der Waals surface area contributed by atoms with Crippen LogP contribution in [-0.2, 0) is 4.74 Å². The summed E-state index contributed by atoms with van der Waals surface area (Å²) in [6.07, 6.45) is 2.21. The number of pyridine rings is 2. The molecular formula is C22H22F3N7O3. The fourth-order valence-electron chi connectivity index (χ4n) is 3.41. The number of anilines is 1. The number of hydrogen-bond donors (Lipinski definition) is 3. The standard InChI is InChI=1S/C22H22F3N7O3/c1-21(2,34)16(23)9-29-20(33)14-8-27-18(4-15(14)31-17-10-35-11-22(17,24)25)32-19-13(7-30-32)3-12(5-26)6-28-19/h3-4,6-8,16-17,34H,9-11H2,1-2H3,(H,27,31)(H,29,33). The second kappa shape index (κ2) is 9.12. The van der Waals surface area contributed by atoms with Crippen molar-refractivity contribution in [2.75, 3.05) is 25.1 Å². The molecule has 0 radical (unpaired) electrons. The summed E-state index contributed by atoms with van der Waals surface area (Å²) >= 11 is 0. The summed E-state index contributed by atoms with van der Waals surface area (Å²) in [5, 5.41) is 28.6. The fourth-order valence-corrected chi connectivity index (χ4v) is 3.41. The van der Waals surface area contributed by atoms with E-state index in [0.29, 0.717) is 16.6 Å². The number of nitrogens with one attached hydrogen (secondary N) is 2. The van der Waals surface area contributed by atoms with E-state index < -0.39 is 42.8 Å². The summed E-state index contributed by atoms with van der Waals surface area (Å²) in [4.78, 5) is 21.2. The lowest BCUT2D eigenvalue weighted by molar-refractivity contribution is -0.0132. The molecule has 184 valence electrons. The van der Waals surface area contributed by atoms with Gasteiger partial charge in [0.1, 0.15) is 24.9 Å². The molecule has 3 aromatic rings. The normalized spacial score (nSPS) is 18.3. The van der Waals surface area contributed by atoms with Crippen molar-refractivity contribution in [2.45, 2.75) is 37.6 Å². The molecule has 4 rings (SSSR count). The highest BCUT2D eigenvalue weighted by Crippen LogP contribution is 2.30. The van der Waals surface area contributed by atoms with Crippen LogP contribution in [0.3, 0.4) is 0 Å². The zero-order chi connectivity index (χ0) is 25.4. The molecule has 13 heteroatoms. The molecule has 35 heavy (non-hydrogen) atoms. The van der Waals surface area contributed by atoms with Gasteiger partial charge in [-0.1, -0.05) is 0 Å². The molecule has 0 aliphatic carbocycles. The van der Waals surface area contributed by atoms with E-state index >= 15 is 0 Å². The third-order valence-corrected chi connectivity index (χ3v) is 5.52. The summed E-state index contributed by atoms with van der Waals surface area (Å²) in [7, 11) is 0. The third-order valence-electron chi connectivity index (χ3n) is 5.52. The Labute approximate surface area is 197 Å². The molecule has 1 saturated heterocycles. The number of aromatic nitrogens is 4. The largest absolute Gasteiger partial charge is 0.387 e. The van der Waals surface area contributed by atoms with E-state index in [0.717, 1.165) is 6.20 Å². The minimum atomic E-state index is -3.18. The van der Waals surface area contributed by atoms with Gasteiger partial charge in [0.05, 0.1) is 41.8 Å². The predicted molar refractivity (Wildman–Crippen MR) is 118 cm³/mol. The highest BCUT2D eigenvalue weighted by molar-refractivity contribution is 5.99. The first-order valence-electron chi connectivity index (χ1n) is 10.6. The molecule has 4 heterocycles. The number of alkyl halides is 3. The number of ether oxygens (including phenoxy) is 1. The van der Waals surface area contributed by atoms with Crippen LogP contribution in [0.1, 0.15) is 29.8 Å². The predicted octanol–water partition coefficient (Wildman–Crippen LogP) is 1.97. The molecule has 0 bridgehead atoms. The van der Waals surface area contributed by atoms with Gasteiger partial charge in [0.15, 0.2) is 11.5 Å². The number of amides is 1. The number of halogens is 3. The van der Waals surface area contributed by atoms with Crippen molar-refractivity contribution in [1.29, 1.82) is 5.26 Å². The van der Waals surface area contributed by atoms with Crippen molar-refractivity contribution >= 4 is 22.6 Å². The van der Waals surface area contributed by atoms with Crippen molar-refractivity contribution in [3.63, 3.8) is 0 Å². The van der Waals surface area contributed by atoms with Crippen molar-refractivity contribution in [3.8, 4) is 11.9 Å². The molecule has 0 aromatic carbocycles. The molecule has 0 spiro atoms. The monoisotopic (exact) mass is 489 g/mol. The summed E-state index contributed by atoms with van der Waals surface area (Å²) < 4.78 is 48.8. The van der Waals surface area contributed by atoms with Gasteiger partial charge in [-0.3, -0.25) is 4.79 Å². The Morgan fingerprint density at radius 3 is 2.80 bits per heavy atom. The Hall–Kier alpha value is -3.76. The highest BCUT2D eigenvalue weighted by Gasteiger charge is 2.45. The van der Waals surface area contributed by atoms with Gasteiger partial charge < -0.3 is 20.5 Å². The van der Waals surface area contributed by atoms with Crippen LogP contribution in [0.15, 0.2) is 30.7 Å². The van der Waals surface area contributed by atoms with E-state index in [9.17, 15) is 23.1 Å². The molecule has 2 atom stereocenters. The maximum Gasteiger partial charge on any atom is 0.292 e. The Kier molecular flexibility index (Phi) is 6.35. The Morgan fingerprint density at radius 1 is 1.37 bits per heavy atom. The van der Waals surface area contributed by atoms with Gasteiger partial charge in [-0.15, -0.1) is 0 Å². The van der Waals surface area contributed by atoms with E-state index in [1.807, 2.05) is 6.07 Å². The van der Waals surface area contributed by atoms with E-state index in [2.05, 4.69) is 25.7 Å². The van der Waals surface area contributed by atoms with Gasteiger partial charge in [0, 0.05) is 23.8 Å². The average Bonchev–Trinajstić information content (AvgIpc) is 3.38. The highest BCUT2D eigenvalue weighted by atomic mass is 19.3. The van der Waals surface area contributed by atoms with Gasteiger partial charge in [-0.2, -0.15) is 15.0 Å². The number of hydrogen-bond acceptors (Lipinski definition) is 8. The van der Waals surface area contributed by atoms with Crippen molar-refractivity contribution in [2.24, 2.45) is 0 Å². The van der Waals surface area contributed by atoms with Gasteiger partial charge in [-0.05, 0) is 19.9 Å². The van der Waals surface area contributed by atoms with Crippen LogP contribution in [0.2, 0.25) is 0 Å². The summed E-state index contributed by atoms with van der Waals surface area (Å²) in [5.41, 5.74) is -1.10. The first-order chi connectivity index (χ1) is 16.5. The minimum absolute atomic E-state index is 0.00126. The SMILES string of the molecule is CC(C)(O)C(F)CNC(=O)c1cnc(-n2ncc3cc(C#N)cnc32)cc1NC1COCC1(F)F. The lowest BCUT2D eigenvalue weighted by Gasteiger charge is -2.23. The third kappa shape index (κ3) is 5.03. The van der Waals surface area contributed by atoms with Crippen LogP contribution in [0, 0.1) is 11.3 Å². The van der Waals surface area contributed by atoms with Gasteiger partial charge in [-0.25, -0.2) is 23.1 Å². The Balaban J connectivity index is 1.69. The van der Waals surface area contributed by atoms with Crippen LogP contribution in [-0.4, -0.2) is 74.3 Å². The van der Waals surface area contributed by atoms with Crippen LogP contribution < -0.4 is 10.6 Å². The molecule has 1 aliphatic heterocycles. The topological polar surface area (TPSA) is 138 Å². The maximum absolute atomic E-state index is 14.2. The van der Waals surface area contributed by atoms with Crippen LogP contribution in [0.5, 0.6) is 0 Å².